The first-order valence-electron chi connectivity index (χ1n) is 6.35. The molecule has 0 spiro atoms. The number of hydrogen-bond acceptors (Lipinski definition) is 4. The van der Waals surface area contributed by atoms with Crippen LogP contribution in [0.4, 0.5) is 0 Å². The molecule has 1 aromatic carbocycles. The van der Waals surface area contributed by atoms with E-state index in [1.54, 1.807) is 7.11 Å². The number of nitrogens with two attached hydrogens (primary N) is 1. The van der Waals surface area contributed by atoms with Crippen molar-refractivity contribution in [2.75, 3.05) is 33.5 Å². The molecule has 0 saturated carbocycles. The predicted molar refractivity (Wildman–Crippen MR) is 71.8 cm³/mol. The summed E-state index contributed by atoms with van der Waals surface area (Å²) in [6.45, 7) is 3.43. The van der Waals surface area contributed by atoms with Gasteiger partial charge in [-0.1, -0.05) is 12.1 Å². The molecule has 0 aliphatic carbocycles. The molecule has 1 rings (SSSR count). The fourth-order valence-corrected chi connectivity index (χ4v) is 1.52. The van der Waals surface area contributed by atoms with Crippen molar-refractivity contribution >= 4 is 0 Å². The molecule has 0 unspecified atom stereocenters. The molecule has 102 valence electrons. The Bertz CT molecular complexity index is 318. The molecule has 4 nitrogen and oxygen atoms in total. The van der Waals surface area contributed by atoms with Gasteiger partial charge in [0, 0.05) is 39.9 Å². The average Bonchev–Trinajstić information content (AvgIpc) is 2.42. The SMILES string of the molecule is COCCCOCCCOc1cccc(CN)c1. The van der Waals surface area contributed by atoms with Crippen LogP contribution in [0.3, 0.4) is 0 Å². The van der Waals surface area contributed by atoms with Crippen LogP contribution in [0.5, 0.6) is 5.75 Å². The molecule has 0 saturated heterocycles. The van der Waals surface area contributed by atoms with Gasteiger partial charge in [0.05, 0.1) is 6.61 Å². The molecule has 0 aromatic heterocycles. The summed E-state index contributed by atoms with van der Waals surface area (Å²) < 4.78 is 16.0. The molecule has 4 heteroatoms. The highest BCUT2D eigenvalue weighted by Gasteiger charge is 1.96. The molecule has 18 heavy (non-hydrogen) atoms. The van der Waals surface area contributed by atoms with Crippen LogP contribution in [0.2, 0.25) is 0 Å². The minimum Gasteiger partial charge on any atom is -0.493 e. The molecular formula is C14H23NO3. The number of hydrogen-bond donors (Lipinski definition) is 1. The maximum Gasteiger partial charge on any atom is 0.119 e. The summed E-state index contributed by atoms with van der Waals surface area (Å²) in [6, 6.07) is 7.86. The lowest BCUT2D eigenvalue weighted by atomic mass is 10.2. The Labute approximate surface area is 109 Å². The van der Waals surface area contributed by atoms with E-state index in [9.17, 15) is 0 Å². The molecule has 0 aliphatic heterocycles. The Morgan fingerprint density at radius 3 is 2.56 bits per heavy atom. The summed E-state index contributed by atoms with van der Waals surface area (Å²) in [5, 5.41) is 0. The van der Waals surface area contributed by atoms with Crippen molar-refractivity contribution in [3.63, 3.8) is 0 Å². The zero-order valence-electron chi connectivity index (χ0n) is 11.1. The van der Waals surface area contributed by atoms with Crippen LogP contribution in [0.1, 0.15) is 18.4 Å². The van der Waals surface area contributed by atoms with E-state index in [2.05, 4.69) is 0 Å². The molecule has 2 N–H and O–H groups in total. The third-order valence-corrected chi connectivity index (χ3v) is 2.47. The first kappa shape index (κ1) is 15.0. The van der Waals surface area contributed by atoms with Gasteiger partial charge in [-0.2, -0.15) is 0 Å². The van der Waals surface area contributed by atoms with E-state index in [1.807, 2.05) is 24.3 Å². The number of methoxy groups -OCH3 is 1. The van der Waals surface area contributed by atoms with E-state index in [4.69, 9.17) is 19.9 Å². The number of ether oxygens (including phenoxy) is 3. The summed E-state index contributed by atoms with van der Waals surface area (Å²) in [6.07, 6.45) is 1.83. The molecule has 0 fully saturated rings. The molecule has 0 aliphatic rings. The summed E-state index contributed by atoms with van der Waals surface area (Å²) in [5.41, 5.74) is 6.65. The lowest BCUT2D eigenvalue weighted by molar-refractivity contribution is 0.0940. The Morgan fingerprint density at radius 2 is 1.83 bits per heavy atom. The van der Waals surface area contributed by atoms with Gasteiger partial charge in [-0.25, -0.2) is 0 Å². The minimum atomic E-state index is 0.541. The summed E-state index contributed by atoms with van der Waals surface area (Å²) in [4.78, 5) is 0. The van der Waals surface area contributed by atoms with Gasteiger partial charge in [-0.3, -0.25) is 0 Å². The third-order valence-electron chi connectivity index (χ3n) is 2.47. The van der Waals surface area contributed by atoms with E-state index in [0.717, 1.165) is 44.0 Å². The molecule has 0 radical (unpaired) electrons. The highest BCUT2D eigenvalue weighted by atomic mass is 16.5. The van der Waals surface area contributed by atoms with Gasteiger partial charge in [0.2, 0.25) is 0 Å². The lowest BCUT2D eigenvalue weighted by Crippen LogP contribution is -2.05. The smallest absolute Gasteiger partial charge is 0.119 e. The fourth-order valence-electron chi connectivity index (χ4n) is 1.52. The van der Waals surface area contributed by atoms with Crippen molar-refractivity contribution in [1.29, 1.82) is 0 Å². The zero-order valence-corrected chi connectivity index (χ0v) is 11.1. The van der Waals surface area contributed by atoms with E-state index < -0.39 is 0 Å². The monoisotopic (exact) mass is 253 g/mol. The van der Waals surface area contributed by atoms with Gasteiger partial charge in [0.15, 0.2) is 0 Å². The predicted octanol–water partition coefficient (Wildman–Crippen LogP) is 1.97. The van der Waals surface area contributed by atoms with Crippen LogP contribution in [-0.2, 0) is 16.0 Å². The Balaban J connectivity index is 2.03. The van der Waals surface area contributed by atoms with Gasteiger partial charge < -0.3 is 19.9 Å². The second kappa shape index (κ2) is 9.88. The lowest BCUT2D eigenvalue weighted by Gasteiger charge is -2.08. The Hall–Kier alpha value is -1.10. The number of rotatable bonds is 10. The van der Waals surface area contributed by atoms with Crippen LogP contribution in [0, 0.1) is 0 Å². The highest BCUT2D eigenvalue weighted by Crippen LogP contribution is 2.12. The van der Waals surface area contributed by atoms with E-state index in [0.29, 0.717) is 13.2 Å². The first-order chi connectivity index (χ1) is 8.86. The molecule has 1 aromatic rings. The van der Waals surface area contributed by atoms with Crippen LogP contribution >= 0.6 is 0 Å². The van der Waals surface area contributed by atoms with Crippen LogP contribution in [0.15, 0.2) is 24.3 Å². The van der Waals surface area contributed by atoms with Crippen molar-refractivity contribution in [2.45, 2.75) is 19.4 Å². The zero-order chi connectivity index (χ0) is 13.1. The molecule has 0 heterocycles. The second-order valence-electron chi connectivity index (χ2n) is 4.01. The van der Waals surface area contributed by atoms with Crippen molar-refractivity contribution in [2.24, 2.45) is 5.73 Å². The van der Waals surface area contributed by atoms with Gasteiger partial charge in [0.25, 0.3) is 0 Å². The maximum atomic E-state index is 5.62. The topological polar surface area (TPSA) is 53.7 Å². The normalized spacial score (nSPS) is 10.6. The summed E-state index contributed by atoms with van der Waals surface area (Å²) in [7, 11) is 1.70. The summed E-state index contributed by atoms with van der Waals surface area (Å²) >= 11 is 0. The van der Waals surface area contributed by atoms with Gasteiger partial charge in [-0.05, 0) is 24.1 Å². The van der Waals surface area contributed by atoms with Crippen LogP contribution in [0.25, 0.3) is 0 Å². The highest BCUT2D eigenvalue weighted by molar-refractivity contribution is 5.28. The molecular weight excluding hydrogens is 230 g/mol. The van der Waals surface area contributed by atoms with Gasteiger partial charge >= 0.3 is 0 Å². The second-order valence-corrected chi connectivity index (χ2v) is 4.01. The van der Waals surface area contributed by atoms with Crippen molar-refractivity contribution < 1.29 is 14.2 Å². The van der Waals surface area contributed by atoms with Gasteiger partial charge in [0.1, 0.15) is 5.75 Å². The molecule has 0 atom stereocenters. The standard InChI is InChI=1S/C14H23NO3/c1-16-7-3-8-17-9-4-10-18-14-6-2-5-13(11-14)12-15/h2,5-6,11H,3-4,7-10,12,15H2,1H3. The Morgan fingerprint density at radius 1 is 1.06 bits per heavy atom. The van der Waals surface area contributed by atoms with Crippen molar-refractivity contribution in [1.82, 2.24) is 0 Å². The van der Waals surface area contributed by atoms with Crippen molar-refractivity contribution in [3.05, 3.63) is 29.8 Å². The molecule has 0 amide bonds. The third kappa shape index (κ3) is 6.59. The molecule has 0 bridgehead atoms. The summed E-state index contributed by atoms with van der Waals surface area (Å²) in [5.74, 6) is 0.873. The fraction of sp³-hybridized carbons (Fsp3) is 0.571. The Kier molecular flexibility index (Phi) is 8.21. The van der Waals surface area contributed by atoms with E-state index >= 15 is 0 Å². The first-order valence-corrected chi connectivity index (χ1v) is 6.35. The average molecular weight is 253 g/mol. The maximum absolute atomic E-state index is 5.62. The van der Waals surface area contributed by atoms with Crippen molar-refractivity contribution in [3.8, 4) is 5.75 Å². The minimum absolute atomic E-state index is 0.541. The van der Waals surface area contributed by atoms with E-state index in [-0.39, 0.29) is 0 Å². The number of benzene rings is 1. The quantitative estimate of drug-likeness (QED) is 0.648. The van der Waals surface area contributed by atoms with E-state index in [1.165, 1.54) is 0 Å². The van der Waals surface area contributed by atoms with Crippen LogP contribution in [-0.4, -0.2) is 33.5 Å². The largest absolute Gasteiger partial charge is 0.493 e. The van der Waals surface area contributed by atoms with Crippen LogP contribution < -0.4 is 10.5 Å². The van der Waals surface area contributed by atoms with Gasteiger partial charge in [-0.15, -0.1) is 0 Å².